The average molecular weight is 212 g/mol. The fraction of sp³-hybridized carbons (Fsp3) is 0.857. The van der Waals surface area contributed by atoms with Crippen LogP contribution in [-0.2, 0) is 0 Å². The van der Waals surface area contributed by atoms with E-state index in [4.69, 9.17) is 0 Å². The standard InChI is InChI=1S/C14H25F/c1-6-14(12(4)11(2)3)9-7-13(5,15)8-10-14/h11H,4,6-10H2,1-3,5H3. The fourth-order valence-electron chi connectivity index (χ4n) is 2.76. The van der Waals surface area contributed by atoms with Gasteiger partial charge in [-0.1, -0.05) is 32.9 Å². The second-order valence-corrected chi connectivity index (χ2v) is 5.73. The molecule has 0 aromatic heterocycles. The number of hydrogen-bond donors (Lipinski definition) is 0. The zero-order valence-corrected chi connectivity index (χ0v) is 10.7. The summed E-state index contributed by atoms with van der Waals surface area (Å²) in [5.41, 5.74) is 0.621. The molecule has 88 valence electrons. The van der Waals surface area contributed by atoms with Crippen molar-refractivity contribution in [1.29, 1.82) is 0 Å². The second-order valence-electron chi connectivity index (χ2n) is 5.73. The predicted molar refractivity (Wildman–Crippen MR) is 64.7 cm³/mol. The van der Waals surface area contributed by atoms with Crippen molar-refractivity contribution in [2.45, 2.75) is 65.5 Å². The minimum atomic E-state index is -0.935. The molecule has 0 spiro atoms. The largest absolute Gasteiger partial charge is 0.244 e. The number of rotatable bonds is 3. The maximum atomic E-state index is 13.8. The zero-order valence-electron chi connectivity index (χ0n) is 10.7. The molecule has 1 heteroatoms. The van der Waals surface area contributed by atoms with Crippen molar-refractivity contribution in [3.8, 4) is 0 Å². The predicted octanol–water partition coefficient (Wildman–Crippen LogP) is 4.90. The summed E-state index contributed by atoms with van der Waals surface area (Å²) in [6, 6.07) is 0. The maximum absolute atomic E-state index is 13.8. The lowest BCUT2D eigenvalue weighted by atomic mass is 9.62. The van der Waals surface area contributed by atoms with E-state index in [1.165, 1.54) is 5.57 Å². The topological polar surface area (TPSA) is 0 Å². The Morgan fingerprint density at radius 2 is 1.73 bits per heavy atom. The summed E-state index contributed by atoms with van der Waals surface area (Å²) in [5, 5.41) is 0. The Balaban J connectivity index is 2.77. The Bertz CT molecular complexity index is 228. The first-order valence-electron chi connectivity index (χ1n) is 6.21. The molecule has 0 unspecified atom stereocenters. The molecule has 0 aromatic rings. The van der Waals surface area contributed by atoms with Gasteiger partial charge in [-0.15, -0.1) is 0 Å². The minimum Gasteiger partial charge on any atom is -0.244 e. The smallest absolute Gasteiger partial charge is 0.108 e. The van der Waals surface area contributed by atoms with E-state index in [1.54, 1.807) is 6.92 Å². The van der Waals surface area contributed by atoms with Gasteiger partial charge < -0.3 is 0 Å². The summed E-state index contributed by atoms with van der Waals surface area (Å²) in [7, 11) is 0. The van der Waals surface area contributed by atoms with E-state index in [2.05, 4.69) is 27.4 Å². The van der Waals surface area contributed by atoms with Crippen molar-refractivity contribution in [3.63, 3.8) is 0 Å². The summed E-state index contributed by atoms with van der Waals surface area (Å²) >= 11 is 0. The van der Waals surface area contributed by atoms with Gasteiger partial charge in [0, 0.05) is 0 Å². The quantitative estimate of drug-likeness (QED) is 0.584. The second kappa shape index (κ2) is 4.27. The fourth-order valence-corrected chi connectivity index (χ4v) is 2.76. The van der Waals surface area contributed by atoms with Crippen LogP contribution in [0.15, 0.2) is 12.2 Å². The molecule has 0 aliphatic heterocycles. The summed E-state index contributed by atoms with van der Waals surface area (Å²) in [6.45, 7) is 12.6. The zero-order chi connectivity index (χ0) is 11.7. The third kappa shape index (κ3) is 2.62. The van der Waals surface area contributed by atoms with E-state index in [-0.39, 0.29) is 5.41 Å². The molecule has 0 bridgehead atoms. The van der Waals surface area contributed by atoms with E-state index in [1.807, 2.05) is 0 Å². The molecule has 0 N–H and O–H groups in total. The van der Waals surface area contributed by atoms with Crippen LogP contribution in [0.2, 0.25) is 0 Å². The molecule has 1 saturated carbocycles. The van der Waals surface area contributed by atoms with Crippen LogP contribution >= 0.6 is 0 Å². The number of hydrogen-bond acceptors (Lipinski definition) is 0. The Morgan fingerprint density at radius 3 is 2.07 bits per heavy atom. The first kappa shape index (κ1) is 12.7. The average Bonchev–Trinajstić information content (AvgIpc) is 2.18. The maximum Gasteiger partial charge on any atom is 0.108 e. The highest BCUT2D eigenvalue weighted by Crippen LogP contribution is 2.50. The van der Waals surface area contributed by atoms with E-state index in [0.29, 0.717) is 18.8 Å². The van der Waals surface area contributed by atoms with E-state index in [9.17, 15) is 4.39 Å². The van der Waals surface area contributed by atoms with Crippen molar-refractivity contribution in [1.82, 2.24) is 0 Å². The van der Waals surface area contributed by atoms with E-state index in [0.717, 1.165) is 19.3 Å². The molecule has 1 rings (SSSR count). The van der Waals surface area contributed by atoms with Gasteiger partial charge in [0.05, 0.1) is 0 Å². The van der Waals surface area contributed by atoms with Crippen LogP contribution in [0.1, 0.15) is 59.8 Å². The van der Waals surface area contributed by atoms with E-state index < -0.39 is 5.67 Å². The molecule has 0 saturated heterocycles. The first-order chi connectivity index (χ1) is 6.83. The third-order valence-electron chi connectivity index (χ3n) is 4.30. The van der Waals surface area contributed by atoms with Crippen LogP contribution in [0.3, 0.4) is 0 Å². The molecular formula is C14H25F. The molecule has 1 aliphatic carbocycles. The van der Waals surface area contributed by atoms with Gasteiger partial charge in [0.2, 0.25) is 0 Å². The van der Waals surface area contributed by atoms with Gasteiger partial charge in [-0.3, -0.25) is 0 Å². The molecule has 1 aliphatic rings. The van der Waals surface area contributed by atoms with Gasteiger partial charge in [0.25, 0.3) is 0 Å². The number of halogens is 1. The van der Waals surface area contributed by atoms with Crippen molar-refractivity contribution in [2.75, 3.05) is 0 Å². The summed E-state index contributed by atoms with van der Waals surface area (Å²) < 4.78 is 13.8. The van der Waals surface area contributed by atoms with Crippen molar-refractivity contribution < 1.29 is 4.39 Å². The molecule has 0 atom stereocenters. The summed E-state index contributed by atoms with van der Waals surface area (Å²) in [5.74, 6) is 0.522. The highest BCUT2D eigenvalue weighted by atomic mass is 19.1. The summed E-state index contributed by atoms with van der Waals surface area (Å²) in [6.07, 6.45) is 4.47. The molecule has 0 nitrogen and oxygen atoms in total. The van der Waals surface area contributed by atoms with Crippen LogP contribution in [0.4, 0.5) is 4.39 Å². The van der Waals surface area contributed by atoms with Gasteiger partial charge in [-0.05, 0) is 50.4 Å². The van der Waals surface area contributed by atoms with Gasteiger partial charge in [-0.2, -0.15) is 0 Å². The summed E-state index contributed by atoms with van der Waals surface area (Å²) in [4.78, 5) is 0. The number of allylic oxidation sites excluding steroid dienone is 1. The lowest BCUT2D eigenvalue weighted by Crippen LogP contribution is -2.36. The monoisotopic (exact) mass is 212 g/mol. The molecule has 0 amide bonds. The van der Waals surface area contributed by atoms with Crippen LogP contribution in [0.5, 0.6) is 0 Å². The lowest BCUT2D eigenvalue weighted by molar-refractivity contribution is 0.0645. The van der Waals surface area contributed by atoms with E-state index >= 15 is 0 Å². The highest BCUT2D eigenvalue weighted by Gasteiger charge is 2.41. The normalized spacial score (nSPS) is 36.9. The Labute approximate surface area is 94.0 Å². The minimum absolute atomic E-state index is 0.222. The number of alkyl halides is 1. The van der Waals surface area contributed by atoms with Crippen LogP contribution < -0.4 is 0 Å². The SMILES string of the molecule is C=C(C(C)C)C1(CC)CCC(C)(F)CC1. The molecule has 0 radical (unpaired) electrons. The molecule has 15 heavy (non-hydrogen) atoms. The van der Waals surface area contributed by atoms with Crippen LogP contribution in [0, 0.1) is 11.3 Å². The van der Waals surface area contributed by atoms with Crippen molar-refractivity contribution in [3.05, 3.63) is 12.2 Å². The highest BCUT2D eigenvalue weighted by molar-refractivity contribution is 5.14. The third-order valence-corrected chi connectivity index (χ3v) is 4.30. The van der Waals surface area contributed by atoms with Crippen LogP contribution in [0.25, 0.3) is 0 Å². The van der Waals surface area contributed by atoms with Gasteiger partial charge in [0.15, 0.2) is 0 Å². The van der Waals surface area contributed by atoms with Crippen molar-refractivity contribution in [2.24, 2.45) is 11.3 Å². The molecule has 0 aromatic carbocycles. The Kier molecular flexibility index (Phi) is 3.63. The van der Waals surface area contributed by atoms with Gasteiger partial charge in [-0.25, -0.2) is 4.39 Å². The molecular weight excluding hydrogens is 187 g/mol. The lowest BCUT2D eigenvalue weighted by Gasteiger charge is -2.44. The van der Waals surface area contributed by atoms with Gasteiger partial charge >= 0.3 is 0 Å². The molecule has 0 heterocycles. The first-order valence-corrected chi connectivity index (χ1v) is 6.21. The van der Waals surface area contributed by atoms with Crippen molar-refractivity contribution >= 4 is 0 Å². The van der Waals surface area contributed by atoms with Gasteiger partial charge in [0.1, 0.15) is 5.67 Å². The molecule has 1 fully saturated rings. The Morgan fingerprint density at radius 1 is 1.27 bits per heavy atom. The Hall–Kier alpha value is -0.330. The van der Waals surface area contributed by atoms with Crippen LogP contribution in [-0.4, -0.2) is 5.67 Å².